The number of hydrogen-bond donors (Lipinski definition) is 1. The Bertz CT molecular complexity index is 630. The first-order valence-corrected chi connectivity index (χ1v) is 7.38. The minimum absolute atomic E-state index is 0.105. The van der Waals surface area contributed by atoms with Gasteiger partial charge in [0.25, 0.3) is 0 Å². The maximum absolute atomic E-state index is 12.9. The second-order valence-electron chi connectivity index (χ2n) is 5.47. The number of carbonyl (C=O) groups excluding carboxylic acids is 1. The van der Waals surface area contributed by atoms with E-state index in [0.717, 1.165) is 24.1 Å². The third-order valence-electron chi connectivity index (χ3n) is 3.86. The number of carbonyl (C=O) groups is 1. The second-order valence-corrected chi connectivity index (χ2v) is 5.47. The lowest BCUT2D eigenvalue weighted by atomic mass is 10.2. The van der Waals surface area contributed by atoms with Gasteiger partial charge in [0, 0.05) is 32.0 Å². The Morgan fingerprint density at radius 2 is 2.05 bits per heavy atom. The molecule has 1 N–H and O–H groups in total. The van der Waals surface area contributed by atoms with Gasteiger partial charge in [-0.15, -0.1) is 0 Å². The van der Waals surface area contributed by atoms with Crippen molar-refractivity contribution in [2.45, 2.75) is 25.6 Å². The van der Waals surface area contributed by atoms with Gasteiger partial charge in [-0.25, -0.2) is 4.39 Å². The van der Waals surface area contributed by atoms with Crippen LogP contribution in [0.2, 0.25) is 0 Å². The highest BCUT2D eigenvalue weighted by molar-refractivity contribution is 5.83. The number of nitrogens with zero attached hydrogens (tertiary/aromatic N) is 2. The molecule has 0 bridgehead atoms. The Balaban J connectivity index is 1.54. The molecule has 1 aliphatic heterocycles. The first kappa shape index (κ1) is 14.7. The summed E-state index contributed by atoms with van der Waals surface area (Å²) in [7, 11) is 0. The number of halogens is 1. The largest absolute Gasteiger partial charge is 0.337 e. The zero-order chi connectivity index (χ0) is 15.4. The van der Waals surface area contributed by atoms with Crippen LogP contribution in [-0.4, -0.2) is 28.4 Å². The lowest BCUT2D eigenvalue weighted by Crippen LogP contribution is -2.37. The molecular formula is C17H18FN3O. The number of benzene rings is 1. The highest BCUT2D eigenvalue weighted by Crippen LogP contribution is 2.16. The SMILES string of the molecule is O=C1C(NCc2cccnc2)CCN1Cc1ccc(F)cc1. The fraction of sp³-hybridized carbons (Fsp3) is 0.294. The van der Waals surface area contributed by atoms with Crippen molar-refractivity contribution in [2.24, 2.45) is 0 Å². The summed E-state index contributed by atoms with van der Waals surface area (Å²) in [5, 5.41) is 3.28. The second kappa shape index (κ2) is 6.66. The van der Waals surface area contributed by atoms with E-state index in [1.807, 2.05) is 17.0 Å². The van der Waals surface area contributed by atoms with Crippen molar-refractivity contribution < 1.29 is 9.18 Å². The molecule has 1 unspecified atom stereocenters. The molecule has 22 heavy (non-hydrogen) atoms. The van der Waals surface area contributed by atoms with Crippen molar-refractivity contribution in [2.75, 3.05) is 6.54 Å². The lowest BCUT2D eigenvalue weighted by molar-refractivity contribution is -0.129. The number of nitrogens with one attached hydrogen (secondary N) is 1. The van der Waals surface area contributed by atoms with Crippen molar-refractivity contribution in [3.8, 4) is 0 Å². The maximum atomic E-state index is 12.9. The van der Waals surface area contributed by atoms with E-state index in [1.165, 1.54) is 12.1 Å². The number of likely N-dealkylation sites (tertiary alicyclic amines) is 1. The number of pyridine rings is 1. The predicted octanol–water partition coefficient (Wildman–Crippen LogP) is 2.11. The Kier molecular flexibility index (Phi) is 4.44. The van der Waals surface area contributed by atoms with Crippen LogP contribution in [0.4, 0.5) is 4.39 Å². The standard InChI is InChI=1S/C17H18FN3O/c18-15-5-3-13(4-6-15)12-21-9-7-16(17(21)22)20-11-14-2-1-8-19-10-14/h1-6,8,10,16,20H,7,9,11-12H2. The van der Waals surface area contributed by atoms with Crippen LogP contribution in [0.5, 0.6) is 0 Å². The van der Waals surface area contributed by atoms with Gasteiger partial charge in [-0.2, -0.15) is 0 Å². The van der Waals surface area contributed by atoms with E-state index < -0.39 is 0 Å². The zero-order valence-corrected chi connectivity index (χ0v) is 12.2. The van der Waals surface area contributed by atoms with Crippen LogP contribution < -0.4 is 5.32 Å². The van der Waals surface area contributed by atoms with Gasteiger partial charge in [0.1, 0.15) is 5.82 Å². The quantitative estimate of drug-likeness (QED) is 0.920. The monoisotopic (exact) mass is 299 g/mol. The van der Waals surface area contributed by atoms with Crippen molar-refractivity contribution >= 4 is 5.91 Å². The van der Waals surface area contributed by atoms with Crippen molar-refractivity contribution in [1.29, 1.82) is 0 Å². The molecule has 114 valence electrons. The lowest BCUT2D eigenvalue weighted by Gasteiger charge is -2.17. The number of aromatic nitrogens is 1. The van der Waals surface area contributed by atoms with Crippen molar-refractivity contribution in [1.82, 2.24) is 15.2 Å². The van der Waals surface area contributed by atoms with Gasteiger partial charge in [0.2, 0.25) is 5.91 Å². The zero-order valence-electron chi connectivity index (χ0n) is 12.2. The molecule has 4 nitrogen and oxygen atoms in total. The minimum atomic E-state index is -0.257. The molecule has 5 heteroatoms. The average Bonchev–Trinajstić information content (AvgIpc) is 2.89. The topological polar surface area (TPSA) is 45.2 Å². The summed E-state index contributed by atoms with van der Waals surface area (Å²) >= 11 is 0. The normalized spacial score (nSPS) is 18.0. The van der Waals surface area contributed by atoms with Crippen LogP contribution in [-0.2, 0) is 17.9 Å². The van der Waals surface area contributed by atoms with Crippen LogP contribution in [0.1, 0.15) is 17.5 Å². The molecule has 1 aromatic carbocycles. The highest BCUT2D eigenvalue weighted by atomic mass is 19.1. The van der Waals surface area contributed by atoms with Gasteiger partial charge < -0.3 is 10.2 Å². The van der Waals surface area contributed by atoms with Gasteiger partial charge in [0.15, 0.2) is 0 Å². The fourth-order valence-corrected chi connectivity index (χ4v) is 2.64. The van der Waals surface area contributed by atoms with Gasteiger partial charge in [-0.05, 0) is 35.7 Å². The molecule has 1 amide bonds. The van der Waals surface area contributed by atoms with Gasteiger partial charge in [-0.3, -0.25) is 9.78 Å². The minimum Gasteiger partial charge on any atom is -0.337 e. The molecule has 2 heterocycles. The Labute approximate surface area is 129 Å². The maximum Gasteiger partial charge on any atom is 0.240 e. The summed E-state index contributed by atoms with van der Waals surface area (Å²) in [4.78, 5) is 18.2. The molecule has 0 aliphatic carbocycles. The third kappa shape index (κ3) is 3.49. The molecule has 1 saturated heterocycles. The molecule has 1 aliphatic rings. The summed E-state index contributed by atoms with van der Waals surface area (Å²) in [6, 6.07) is 10.0. The van der Waals surface area contributed by atoms with Crippen LogP contribution in [0.3, 0.4) is 0 Å². The molecular weight excluding hydrogens is 281 g/mol. The van der Waals surface area contributed by atoms with E-state index in [4.69, 9.17) is 0 Å². The summed E-state index contributed by atoms with van der Waals surface area (Å²) in [6.45, 7) is 1.89. The Morgan fingerprint density at radius 1 is 1.23 bits per heavy atom. The van der Waals surface area contributed by atoms with Gasteiger partial charge in [0.05, 0.1) is 6.04 Å². The van der Waals surface area contributed by atoms with Crippen LogP contribution in [0.25, 0.3) is 0 Å². The molecule has 0 radical (unpaired) electrons. The molecule has 0 saturated carbocycles. The average molecular weight is 299 g/mol. The smallest absolute Gasteiger partial charge is 0.240 e. The van der Waals surface area contributed by atoms with Crippen LogP contribution in [0.15, 0.2) is 48.8 Å². The number of hydrogen-bond acceptors (Lipinski definition) is 3. The molecule has 1 atom stereocenters. The van der Waals surface area contributed by atoms with Crippen LogP contribution >= 0.6 is 0 Å². The van der Waals surface area contributed by atoms with E-state index in [1.54, 1.807) is 24.5 Å². The molecule has 3 rings (SSSR count). The third-order valence-corrected chi connectivity index (χ3v) is 3.86. The first-order valence-electron chi connectivity index (χ1n) is 7.38. The fourth-order valence-electron chi connectivity index (χ4n) is 2.64. The summed E-state index contributed by atoms with van der Waals surface area (Å²) in [6.07, 6.45) is 4.32. The van der Waals surface area contributed by atoms with E-state index in [-0.39, 0.29) is 17.8 Å². The van der Waals surface area contributed by atoms with Gasteiger partial charge in [-0.1, -0.05) is 18.2 Å². The molecule has 0 spiro atoms. The van der Waals surface area contributed by atoms with E-state index in [2.05, 4.69) is 10.3 Å². The summed E-state index contributed by atoms with van der Waals surface area (Å²) in [5.74, 6) is -0.152. The van der Waals surface area contributed by atoms with Crippen LogP contribution in [0, 0.1) is 5.82 Å². The van der Waals surface area contributed by atoms with E-state index in [9.17, 15) is 9.18 Å². The molecule has 2 aromatic rings. The first-order chi connectivity index (χ1) is 10.7. The van der Waals surface area contributed by atoms with Crippen molar-refractivity contribution in [3.63, 3.8) is 0 Å². The van der Waals surface area contributed by atoms with Crippen molar-refractivity contribution in [3.05, 3.63) is 65.7 Å². The highest BCUT2D eigenvalue weighted by Gasteiger charge is 2.30. The molecule has 1 aromatic heterocycles. The summed E-state index contributed by atoms with van der Waals surface area (Å²) in [5.41, 5.74) is 2.01. The number of rotatable bonds is 5. The van der Waals surface area contributed by atoms with E-state index in [0.29, 0.717) is 13.1 Å². The Morgan fingerprint density at radius 3 is 2.77 bits per heavy atom. The van der Waals surface area contributed by atoms with Gasteiger partial charge >= 0.3 is 0 Å². The number of amides is 1. The van der Waals surface area contributed by atoms with E-state index >= 15 is 0 Å². The molecule has 1 fully saturated rings. The Hall–Kier alpha value is -2.27. The predicted molar refractivity (Wildman–Crippen MR) is 81.3 cm³/mol. The summed E-state index contributed by atoms with van der Waals surface area (Å²) < 4.78 is 12.9.